The molecular formula is C15H19N3S. The average molecular weight is 273 g/mol. The van der Waals surface area contributed by atoms with E-state index in [9.17, 15) is 0 Å². The van der Waals surface area contributed by atoms with Crippen LogP contribution in [0.15, 0.2) is 36.5 Å². The minimum Gasteiger partial charge on any atom is -0.375 e. The molecule has 1 aromatic heterocycles. The highest BCUT2D eigenvalue weighted by atomic mass is 32.1. The van der Waals surface area contributed by atoms with Crippen molar-refractivity contribution in [2.75, 3.05) is 12.3 Å². The summed E-state index contributed by atoms with van der Waals surface area (Å²) in [6, 6.07) is 11.4. The summed E-state index contributed by atoms with van der Waals surface area (Å²) in [5, 5.41) is 0.675. The van der Waals surface area contributed by atoms with Crippen molar-refractivity contribution in [1.29, 1.82) is 0 Å². The van der Waals surface area contributed by atoms with E-state index in [-0.39, 0.29) is 0 Å². The van der Waals surface area contributed by atoms with Crippen molar-refractivity contribution >= 4 is 16.5 Å². The van der Waals surface area contributed by atoms with Crippen molar-refractivity contribution in [3.63, 3.8) is 0 Å². The molecule has 1 saturated heterocycles. The Labute approximate surface area is 118 Å². The largest absolute Gasteiger partial charge is 0.375 e. The molecule has 100 valence electrons. The fourth-order valence-electron chi connectivity index (χ4n) is 2.82. The molecule has 0 radical (unpaired) electrons. The van der Waals surface area contributed by atoms with Gasteiger partial charge in [-0.2, -0.15) is 0 Å². The molecule has 19 heavy (non-hydrogen) atoms. The highest BCUT2D eigenvalue weighted by Crippen LogP contribution is 2.25. The lowest BCUT2D eigenvalue weighted by molar-refractivity contribution is 0.246. The Kier molecular flexibility index (Phi) is 3.80. The monoisotopic (exact) mass is 273 g/mol. The SMILES string of the molecule is Nc1ncc(CN2CCCC2Cc2ccccc2)s1. The van der Waals surface area contributed by atoms with Crippen molar-refractivity contribution in [3.8, 4) is 0 Å². The van der Waals surface area contributed by atoms with Gasteiger partial charge >= 0.3 is 0 Å². The van der Waals surface area contributed by atoms with Crippen LogP contribution in [0, 0.1) is 0 Å². The van der Waals surface area contributed by atoms with Crippen LogP contribution < -0.4 is 5.73 Å². The number of likely N-dealkylation sites (tertiary alicyclic amines) is 1. The number of hydrogen-bond donors (Lipinski definition) is 1. The first kappa shape index (κ1) is 12.6. The first-order chi connectivity index (χ1) is 9.31. The third-order valence-electron chi connectivity index (χ3n) is 3.74. The van der Waals surface area contributed by atoms with Crippen molar-refractivity contribution in [1.82, 2.24) is 9.88 Å². The third kappa shape index (κ3) is 3.14. The van der Waals surface area contributed by atoms with Crippen molar-refractivity contribution in [2.45, 2.75) is 31.8 Å². The van der Waals surface area contributed by atoms with E-state index < -0.39 is 0 Å². The van der Waals surface area contributed by atoms with Gasteiger partial charge in [0, 0.05) is 23.7 Å². The van der Waals surface area contributed by atoms with Gasteiger partial charge in [-0.15, -0.1) is 11.3 Å². The molecule has 0 aliphatic carbocycles. The van der Waals surface area contributed by atoms with Gasteiger partial charge in [0.05, 0.1) is 0 Å². The number of nitrogen functional groups attached to an aromatic ring is 1. The molecule has 2 N–H and O–H groups in total. The fourth-order valence-corrected chi connectivity index (χ4v) is 3.53. The zero-order valence-corrected chi connectivity index (χ0v) is 11.8. The Morgan fingerprint density at radius 1 is 1.32 bits per heavy atom. The van der Waals surface area contributed by atoms with Crippen LogP contribution in [0.4, 0.5) is 5.13 Å². The summed E-state index contributed by atoms with van der Waals surface area (Å²) in [4.78, 5) is 7.98. The van der Waals surface area contributed by atoms with E-state index in [1.807, 2.05) is 6.20 Å². The minimum absolute atomic E-state index is 0.658. The highest BCUT2D eigenvalue weighted by Gasteiger charge is 2.25. The van der Waals surface area contributed by atoms with Gasteiger partial charge in [0.1, 0.15) is 0 Å². The second kappa shape index (κ2) is 5.72. The summed E-state index contributed by atoms with van der Waals surface area (Å²) in [6.07, 6.45) is 5.65. The summed E-state index contributed by atoms with van der Waals surface area (Å²) in [5.41, 5.74) is 7.13. The number of nitrogens with zero attached hydrogens (tertiary/aromatic N) is 2. The molecule has 2 aromatic rings. The Hall–Kier alpha value is -1.39. The van der Waals surface area contributed by atoms with Crippen LogP contribution in [0.3, 0.4) is 0 Å². The summed E-state index contributed by atoms with van der Waals surface area (Å²) < 4.78 is 0. The van der Waals surface area contributed by atoms with Crippen molar-refractivity contribution < 1.29 is 0 Å². The molecule has 3 nitrogen and oxygen atoms in total. The summed E-state index contributed by atoms with van der Waals surface area (Å²) in [6.45, 7) is 2.18. The molecule has 0 amide bonds. The summed E-state index contributed by atoms with van der Waals surface area (Å²) >= 11 is 1.61. The Morgan fingerprint density at radius 2 is 2.16 bits per heavy atom. The molecule has 1 aromatic carbocycles. The van der Waals surface area contributed by atoms with Crippen LogP contribution in [0.2, 0.25) is 0 Å². The third-order valence-corrected chi connectivity index (χ3v) is 4.55. The van der Waals surface area contributed by atoms with Gasteiger partial charge in [0.2, 0.25) is 0 Å². The Balaban J connectivity index is 1.65. The molecule has 2 heterocycles. The lowest BCUT2D eigenvalue weighted by Gasteiger charge is -2.23. The fraction of sp³-hybridized carbons (Fsp3) is 0.400. The van der Waals surface area contributed by atoms with Gasteiger partial charge in [-0.3, -0.25) is 4.90 Å². The topological polar surface area (TPSA) is 42.1 Å². The highest BCUT2D eigenvalue weighted by molar-refractivity contribution is 7.15. The molecular weight excluding hydrogens is 254 g/mol. The van der Waals surface area contributed by atoms with Crippen LogP contribution in [-0.2, 0) is 13.0 Å². The first-order valence-corrected chi connectivity index (χ1v) is 7.61. The van der Waals surface area contributed by atoms with E-state index in [4.69, 9.17) is 5.73 Å². The normalized spacial score (nSPS) is 19.9. The van der Waals surface area contributed by atoms with E-state index in [2.05, 4.69) is 40.2 Å². The van der Waals surface area contributed by atoms with Crippen LogP contribution >= 0.6 is 11.3 Å². The predicted octanol–water partition coefficient (Wildman–Crippen LogP) is 2.93. The minimum atomic E-state index is 0.658. The number of aromatic nitrogens is 1. The molecule has 1 aliphatic heterocycles. The molecule has 1 unspecified atom stereocenters. The van der Waals surface area contributed by atoms with Gasteiger partial charge < -0.3 is 5.73 Å². The van der Waals surface area contributed by atoms with Crippen molar-refractivity contribution in [2.24, 2.45) is 0 Å². The smallest absolute Gasteiger partial charge is 0.180 e. The van der Waals surface area contributed by atoms with Gasteiger partial charge in [-0.1, -0.05) is 30.3 Å². The number of nitrogens with two attached hydrogens (primary N) is 1. The second-order valence-electron chi connectivity index (χ2n) is 5.12. The van der Waals surface area contributed by atoms with E-state index in [0.717, 1.165) is 13.0 Å². The maximum atomic E-state index is 5.70. The van der Waals surface area contributed by atoms with E-state index in [1.54, 1.807) is 11.3 Å². The predicted molar refractivity (Wildman–Crippen MR) is 80.1 cm³/mol. The summed E-state index contributed by atoms with van der Waals surface area (Å²) in [5.74, 6) is 0. The van der Waals surface area contributed by atoms with Gasteiger partial charge in [0.25, 0.3) is 0 Å². The molecule has 4 heteroatoms. The van der Waals surface area contributed by atoms with Gasteiger partial charge in [0.15, 0.2) is 5.13 Å². The van der Waals surface area contributed by atoms with E-state index >= 15 is 0 Å². The van der Waals surface area contributed by atoms with Crippen LogP contribution in [0.1, 0.15) is 23.3 Å². The molecule has 1 aliphatic rings. The van der Waals surface area contributed by atoms with Crippen LogP contribution in [0.25, 0.3) is 0 Å². The molecule has 1 atom stereocenters. The number of hydrogen-bond acceptors (Lipinski definition) is 4. The Morgan fingerprint density at radius 3 is 2.89 bits per heavy atom. The van der Waals surface area contributed by atoms with Crippen molar-refractivity contribution in [3.05, 3.63) is 47.0 Å². The maximum absolute atomic E-state index is 5.70. The summed E-state index contributed by atoms with van der Waals surface area (Å²) in [7, 11) is 0. The number of thiazole rings is 1. The lowest BCUT2D eigenvalue weighted by Crippen LogP contribution is -2.30. The molecule has 0 bridgehead atoms. The average Bonchev–Trinajstić information content (AvgIpc) is 3.01. The first-order valence-electron chi connectivity index (χ1n) is 6.79. The number of anilines is 1. The molecule has 0 spiro atoms. The number of benzene rings is 1. The lowest BCUT2D eigenvalue weighted by atomic mass is 10.0. The van der Waals surface area contributed by atoms with Gasteiger partial charge in [-0.25, -0.2) is 4.98 Å². The second-order valence-corrected chi connectivity index (χ2v) is 6.27. The van der Waals surface area contributed by atoms with Gasteiger partial charge in [-0.05, 0) is 31.4 Å². The molecule has 1 fully saturated rings. The zero-order valence-electron chi connectivity index (χ0n) is 11.0. The molecule has 0 saturated carbocycles. The maximum Gasteiger partial charge on any atom is 0.180 e. The quantitative estimate of drug-likeness (QED) is 0.931. The Bertz CT molecular complexity index is 523. The molecule has 3 rings (SSSR count). The van der Waals surface area contributed by atoms with Crippen LogP contribution in [-0.4, -0.2) is 22.5 Å². The van der Waals surface area contributed by atoms with E-state index in [0.29, 0.717) is 11.2 Å². The number of rotatable bonds is 4. The van der Waals surface area contributed by atoms with Crippen LogP contribution in [0.5, 0.6) is 0 Å². The zero-order chi connectivity index (χ0) is 13.1. The standard InChI is InChI=1S/C15H19N3S/c16-15-17-10-14(19-15)11-18-8-4-7-13(18)9-12-5-2-1-3-6-12/h1-3,5-6,10,13H,4,7-9,11H2,(H2,16,17). The van der Waals surface area contributed by atoms with E-state index in [1.165, 1.54) is 29.8 Å².